The maximum Gasteiger partial charge on any atom is 0.328 e. The van der Waals surface area contributed by atoms with Crippen LogP contribution in [-0.4, -0.2) is 58.5 Å². The van der Waals surface area contributed by atoms with E-state index in [0.717, 1.165) is 36.1 Å². The maximum atomic E-state index is 13.3. The van der Waals surface area contributed by atoms with Crippen LogP contribution in [0, 0.1) is 0 Å². The highest BCUT2D eigenvalue weighted by Gasteiger charge is 2.29. The highest BCUT2D eigenvalue weighted by atomic mass is 16.5. The monoisotopic (exact) mass is 386 g/mol. The number of likely N-dealkylation sites (tertiary alicyclic amines) is 1. The molecule has 0 spiro atoms. The summed E-state index contributed by atoms with van der Waals surface area (Å²) in [6.45, 7) is 2.11. The molecule has 1 amide bonds. The number of carbonyl (C=O) groups is 1. The van der Waals surface area contributed by atoms with E-state index < -0.39 is 11.2 Å². The number of benzene rings is 1. The van der Waals surface area contributed by atoms with Gasteiger partial charge in [0.05, 0.1) is 7.11 Å². The van der Waals surface area contributed by atoms with E-state index in [4.69, 9.17) is 4.74 Å². The molecule has 0 bridgehead atoms. The first-order chi connectivity index (χ1) is 13.4. The number of hydrogen-bond acceptors (Lipinski definition) is 5. The summed E-state index contributed by atoms with van der Waals surface area (Å²) < 4.78 is 6.37. The van der Waals surface area contributed by atoms with Crippen LogP contribution in [0.15, 0.2) is 39.9 Å². The third-order valence-electron chi connectivity index (χ3n) is 5.30. The van der Waals surface area contributed by atoms with E-state index in [1.165, 1.54) is 13.1 Å². The van der Waals surface area contributed by atoms with Crippen molar-refractivity contribution in [2.24, 2.45) is 7.05 Å². The van der Waals surface area contributed by atoms with Gasteiger partial charge in [-0.05, 0) is 39.0 Å². The van der Waals surface area contributed by atoms with Crippen molar-refractivity contribution in [3.8, 4) is 5.75 Å². The average molecular weight is 386 g/mol. The van der Waals surface area contributed by atoms with E-state index in [1.807, 2.05) is 24.3 Å². The first kappa shape index (κ1) is 19.9. The van der Waals surface area contributed by atoms with Crippen LogP contribution >= 0.6 is 0 Å². The summed E-state index contributed by atoms with van der Waals surface area (Å²) >= 11 is 0. The summed E-state index contributed by atoms with van der Waals surface area (Å²) in [5.41, 5.74) is -0.213. The molecule has 0 aliphatic carbocycles. The van der Waals surface area contributed by atoms with E-state index in [0.29, 0.717) is 12.3 Å². The zero-order valence-corrected chi connectivity index (χ0v) is 16.5. The van der Waals surface area contributed by atoms with Crippen LogP contribution in [0.1, 0.15) is 28.9 Å². The number of aromatic nitrogens is 2. The van der Waals surface area contributed by atoms with Gasteiger partial charge >= 0.3 is 5.69 Å². The quantitative estimate of drug-likeness (QED) is 0.822. The Morgan fingerprint density at radius 1 is 1.21 bits per heavy atom. The number of carbonyl (C=O) groups excluding carboxylic acids is 1. The normalized spacial score (nSPS) is 15.4. The van der Waals surface area contributed by atoms with Gasteiger partial charge in [0.2, 0.25) is 0 Å². The fraction of sp³-hybridized carbons (Fsp3) is 0.450. The molecule has 1 aliphatic heterocycles. The van der Waals surface area contributed by atoms with Crippen LogP contribution in [-0.2, 0) is 13.6 Å². The van der Waals surface area contributed by atoms with E-state index in [-0.39, 0.29) is 17.6 Å². The van der Waals surface area contributed by atoms with Crippen molar-refractivity contribution >= 4 is 5.91 Å². The smallest absolute Gasteiger partial charge is 0.328 e. The van der Waals surface area contributed by atoms with Gasteiger partial charge in [0.25, 0.3) is 11.5 Å². The average Bonchev–Trinajstić information content (AvgIpc) is 2.70. The molecule has 8 nitrogen and oxygen atoms in total. The summed E-state index contributed by atoms with van der Waals surface area (Å²) in [5, 5.41) is 0. The largest absolute Gasteiger partial charge is 0.496 e. The molecule has 150 valence electrons. The SMILES string of the molecule is COc1ccccc1CN(C(=O)c1cc(=O)n(C)c(=O)[nH]1)C1CCN(C)CC1. The molecule has 2 aromatic rings. The molecule has 3 rings (SSSR count). The van der Waals surface area contributed by atoms with Crippen molar-refractivity contribution in [1.29, 1.82) is 0 Å². The second-order valence-electron chi connectivity index (χ2n) is 7.16. The van der Waals surface area contributed by atoms with Crippen LogP contribution < -0.4 is 16.0 Å². The number of rotatable bonds is 5. The van der Waals surface area contributed by atoms with Crippen molar-refractivity contribution < 1.29 is 9.53 Å². The van der Waals surface area contributed by atoms with Crippen LogP contribution in [0.5, 0.6) is 5.75 Å². The van der Waals surface area contributed by atoms with Crippen molar-refractivity contribution in [1.82, 2.24) is 19.4 Å². The fourth-order valence-electron chi connectivity index (χ4n) is 3.52. The number of para-hydroxylation sites is 1. The molecule has 1 aromatic heterocycles. The summed E-state index contributed by atoms with van der Waals surface area (Å²) in [7, 11) is 5.03. The second kappa shape index (κ2) is 8.43. The molecule has 28 heavy (non-hydrogen) atoms. The summed E-state index contributed by atoms with van der Waals surface area (Å²) in [6, 6.07) is 8.75. The first-order valence-corrected chi connectivity index (χ1v) is 9.32. The Hall–Kier alpha value is -2.87. The van der Waals surface area contributed by atoms with Gasteiger partial charge in [-0.15, -0.1) is 0 Å². The van der Waals surface area contributed by atoms with Crippen LogP contribution in [0.25, 0.3) is 0 Å². The highest BCUT2D eigenvalue weighted by Crippen LogP contribution is 2.24. The van der Waals surface area contributed by atoms with Gasteiger partial charge in [-0.25, -0.2) is 4.79 Å². The van der Waals surface area contributed by atoms with E-state index in [2.05, 4.69) is 16.9 Å². The third-order valence-corrected chi connectivity index (χ3v) is 5.30. The number of H-pyrrole nitrogens is 1. The van der Waals surface area contributed by atoms with Gasteiger partial charge in [-0.2, -0.15) is 0 Å². The predicted octanol–water partition coefficient (Wildman–Crippen LogP) is 0.819. The molecular formula is C20H26N4O4. The Labute approximate surface area is 163 Å². The minimum Gasteiger partial charge on any atom is -0.496 e. The summed E-state index contributed by atoms with van der Waals surface area (Å²) in [6.07, 6.45) is 1.65. The Bertz CT molecular complexity index is 926. The number of ether oxygens (including phenoxy) is 1. The van der Waals surface area contributed by atoms with Gasteiger partial charge in [0.1, 0.15) is 11.4 Å². The standard InChI is InChI=1S/C20H26N4O4/c1-22-10-8-15(9-11-22)24(13-14-6-4-5-7-17(14)28-3)19(26)16-12-18(25)23(2)20(27)21-16/h4-7,12,15H,8-11,13H2,1-3H3,(H,21,27). The number of methoxy groups -OCH3 is 1. The zero-order valence-electron chi connectivity index (χ0n) is 16.5. The minimum atomic E-state index is -0.600. The first-order valence-electron chi connectivity index (χ1n) is 9.32. The predicted molar refractivity (Wildman–Crippen MR) is 106 cm³/mol. The number of hydrogen-bond donors (Lipinski definition) is 1. The maximum absolute atomic E-state index is 13.3. The topological polar surface area (TPSA) is 87.6 Å². The molecule has 1 saturated heterocycles. The van der Waals surface area contributed by atoms with Gasteiger partial charge in [0.15, 0.2) is 0 Å². The number of piperidine rings is 1. The Morgan fingerprint density at radius 3 is 2.54 bits per heavy atom. The molecular weight excluding hydrogens is 360 g/mol. The van der Waals surface area contributed by atoms with Crippen LogP contribution in [0.2, 0.25) is 0 Å². The molecule has 0 atom stereocenters. The lowest BCUT2D eigenvalue weighted by Crippen LogP contribution is -2.47. The minimum absolute atomic E-state index is 0.0150. The van der Waals surface area contributed by atoms with E-state index in [1.54, 1.807) is 12.0 Å². The van der Waals surface area contributed by atoms with Crippen molar-refractivity contribution in [2.45, 2.75) is 25.4 Å². The highest BCUT2D eigenvalue weighted by molar-refractivity contribution is 5.92. The van der Waals surface area contributed by atoms with Gasteiger partial charge in [-0.3, -0.25) is 14.2 Å². The molecule has 0 saturated carbocycles. The molecule has 8 heteroatoms. The number of amides is 1. The third kappa shape index (κ3) is 4.17. The fourth-order valence-corrected chi connectivity index (χ4v) is 3.52. The lowest BCUT2D eigenvalue weighted by molar-refractivity contribution is 0.0561. The van der Waals surface area contributed by atoms with E-state index in [9.17, 15) is 14.4 Å². The molecule has 1 aromatic carbocycles. The molecule has 2 heterocycles. The number of nitrogens with zero attached hydrogens (tertiary/aromatic N) is 3. The van der Waals surface area contributed by atoms with Crippen molar-refractivity contribution in [3.05, 3.63) is 62.4 Å². The summed E-state index contributed by atoms with van der Waals surface area (Å²) in [4.78, 5) is 43.8. The van der Waals surface area contributed by atoms with Gasteiger partial charge in [0, 0.05) is 31.3 Å². The van der Waals surface area contributed by atoms with Gasteiger partial charge in [-0.1, -0.05) is 18.2 Å². The van der Waals surface area contributed by atoms with Crippen LogP contribution in [0.4, 0.5) is 0 Å². The molecule has 0 unspecified atom stereocenters. The molecule has 0 radical (unpaired) electrons. The lowest BCUT2D eigenvalue weighted by Gasteiger charge is -2.37. The van der Waals surface area contributed by atoms with E-state index >= 15 is 0 Å². The number of nitrogens with one attached hydrogen (secondary N) is 1. The van der Waals surface area contributed by atoms with Crippen LogP contribution in [0.3, 0.4) is 0 Å². The van der Waals surface area contributed by atoms with Crippen molar-refractivity contribution in [3.63, 3.8) is 0 Å². The number of aromatic amines is 1. The Morgan fingerprint density at radius 2 is 1.89 bits per heavy atom. The Balaban J connectivity index is 1.97. The molecule has 1 fully saturated rings. The molecule has 1 N–H and O–H groups in total. The lowest BCUT2D eigenvalue weighted by atomic mass is 10.0. The van der Waals surface area contributed by atoms with Gasteiger partial charge < -0.3 is 19.5 Å². The Kier molecular flexibility index (Phi) is 5.99. The van der Waals surface area contributed by atoms with Crippen molar-refractivity contribution in [2.75, 3.05) is 27.2 Å². The second-order valence-corrected chi connectivity index (χ2v) is 7.16. The molecule has 1 aliphatic rings. The zero-order chi connectivity index (χ0) is 20.3. The summed E-state index contributed by atoms with van der Waals surface area (Å²) in [5.74, 6) is 0.348.